The van der Waals surface area contributed by atoms with Crippen molar-refractivity contribution in [3.8, 4) is 5.75 Å². The summed E-state index contributed by atoms with van der Waals surface area (Å²) in [6, 6.07) is 6.86. The number of hydrogen-bond donors (Lipinski definition) is 0. The predicted octanol–water partition coefficient (Wildman–Crippen LogP) is 5.04. The first kappa shape index (κ1) is 13.5. The van der Waals surface area contributed by atoms with Gasteiger partial charge in [-0.05, 0) is 41.4 Å². The van der Waals surface area contributed by atoms with E-state index in [1.54, 1.807) is 7.11 Å². The molecule has 0 aliphatic heterocycles. The second kappa shape index (κ2) is 5.34. The summed E-state index contributed by atoms with van der Waals surface area (Å²) in [4.78, 5) is 0. The molecule has 0 unspecified atom stereocenters. The van der Waals surface area contributed by atoms with Gasteiger partial charge in [-0.2, -0.15) is 0 Å². The van der Waals surface area contributed by atoms with Crippen molar-refractivity contribution in [3.05, 3.63) is 29.3 Å². The first-order chi connectivity index (χ1) is 8.52. The molecule has 0 amide bonds. The molecule has 1 aliphatic rings. The number of rotatable bonds is 2. The number of methoxy groups -OCH3 is 1. The Morgan fingerprint density at radius 2 is 1.72 bits per heavy atom. The lowest BCUT2D eigenvalue weighted by molar-refractivity contribution is 0.393. The number of hydrogen-bond acceptors (Lipinski definition) is 1. The molecule has 1 heteroatoms. The highest BCUT2D eigenvalue weighted by atomic mass is 16.5. The van der Waals surface area contributed by atoms with Crippen LogP contribution in [0.3, 0.4) is 0 Å². The second-order valence-corrected chi connectivity index (χ2v) is 6.54. The predicted molar refractivity (Wildman–Crippen MR) is 77.5 cm³/mol. The molecule has 0 atom stereocenters. The van der Waals surface area contributed by atoms with Crippen molar-refractivity contribution in [2.24, 2.45) is 0 Å². The molecule has 0 bridgehead atoms. The molecule has 1 aromatic rings. The summed E-state index contributed by atoms with van der Waals surface area (Å²) < 4.78 is 5.60. The zero-order chi connectivity index (χ0) is 13.2. The third kappa shape index (κ3) is 2.88. The zero-order valence-corrected chi connectivity index (χ0v) is 12.3. The van der Waals surface area contributed by atoms with Crippen LogP contribution in [-0.2, 0) is 5.41 Å². The summed E-state index contributed by atoms with van der Waals surface area (Å²) >= 11 is 0. The Balaban J connectivity index is 2.29. The highest BCUT2D eigenvalue weighted by Crippen LogP contribution is 2.37. The fraction of sp³-hybridized carbons (Fsp3) is 0.647. The molecule has 18 heavy (non-hydrogen) atoms. The summed E-state index contributed by atoms with van der Waals surface area (Å²) in [5, 5.41) is 0. The van der Waals surface area contributed by atoms with E-state index in [9.17, 15) is 0 Å². The van der Waals surface area contributed by atoms with Crippen molar-refractivity contribution in [3.63, 3.8) is 0 Å². The SMILES string of the molecule is COc1cc(C2CCCCC2)ccc1C(C)(C)C. The van der Waals surface area contributed by atoms with Crippen LogP contribution in [0, 0.1) is 0 Å². The number of ether oxygens (including phenoxy) is 1. The highest BCUT2D eigenvalue weighted by Gasteiger charge is 2.21. The average molecular weight is 246 g/mol. The first-order valence-corrected chi connectivity index (χ1v) is 7.21. The van der Waals surface area contributed by atoms with Crippen LogP contribution in [0.4, 0.5) is 0 Å². The van der Waals surface area contributed by atoms with Gasteiger partial charge >= 0.3 is 0 Å². The van der Waals surface area contributed by atoms with Crippen molar-refractivity contribution in [1.29, 1.82) is 0 Å². The van der Waals surface area contributed by atoms with Crippen molar-refractivity contribution >= 4 is 0 Å². The molecular formula is C17H26O. The van der Waals surface area contributed by atoms with Gasteiger partial charge in [-0.3, -0.25) is 0 Å². The van der Waals surface area contributed by atoms with Crippen LogP contribution in [0.1, 0.15) is 69.9 Å². The van der Waals surface area contributed by atoms with Crippen LogP contribution in [0.2, 0.25) is 0 Å². The Labute approximate surface area is 112 Å². The van der Waals surface area contributed by atoms with Crippen LogP contribution < -0.4 is 4.74 Å². The molecule has 100 valence electrons. The third-order valence-corrected chi connectivity index (χ3v) is 4.11. The first-order valence-electron chi connectivity index (χ1n) is 7.21. The topological polar surface area (TPSA) is 9.23 Å². The standard InChI is InChI=1S/C17H26O/c1-17(2,3)15-11-10-14(12-16(15)18-4)13-8-6-5-7-9-13/h10-13H,5-9H2,1-4H3. The molecule has 0 spiro atoms. The number of benzene rings is 1. The van der Waals surface area contributed by atoms with E-state index in [2.05, 4.69) is 39.0 Å². The average Bonchev–Trinajstić information content (AvgIpc) is 2.38. The Kier molecular flexibility index (Phi) is 3.99. The van der Waals surface area contributed by atoms with Gasteiger partial charge in [0.15, 0.2) is 0 Å². The van der Waals surface area contributed by atoms with Gasteiger partial charge in [0.05, 0.1) is 7.11 Å². The van der Waals surface area contributed by atoms with E-state index in [0.717, 1.165) is 11.7 Å². The lowest BCUT2D eigenvalue weighted by Crippen LogP contribution is -2.13. The van der Waals surface area contributed by atoms with Gasteiger partial charge in [0.1, 0.15) is 5.75 Å². The fourth-order valence-electron chi connectivity index (χ4n) is 3.02. The Morgan fingerprint density at radius 1 is 1.06 bits per heavy atom. The van der Waals surface area contributed by atoms with Gasteiger partial charge in [0, 0.05) is 0 Å². The van der Waals surface area contributed by atoms with Crippen LogP contribution in [0.25, 0.3) is 0 Å². The van der Waals surface area contributed by atoms with E-state index in [1.165, 1.54) is 43.2 Å². The van der Waals surface area contributed by atoms with Gasteiger partial charge in [-0.15, -0.1) is 0 Å². The molecule has 2 rings (SSSR count). The molecule has 0 radical (unpaired) electrons. The molecule has 1 fully saturated rings. The van der Waals surface area contributed by atoms with Crippen LogP contribution >= 0.6 is 0 Å². The van der Waals surface area contributed by atoms with Crippen molar-refractivity contribution < 1.29 is 4.74 Å². The maximum absolute atomic E-state index is 5.60. The van der Waals surface area contributed by atoms with E-state index in [4.69, 9.17) is 4.74 Å². The van der Waals surface area contributed by atoms with Crippen molar-refractivity contribution in [2.75, 3.05) is 7.11 Å². The van der Waals surface area contributed by atoms with E-state index >= 15 is 0 Å². The van der Waals surface area contributed by atoms with Gasteiger partial charge in [-0.1, -0.05) is 52.2 Å². The Bertz CT molecular complexity index is 395. The summed E-state index contributed by atoms with van der Waals surface area (Å²) in [5.41, 5.74) is 2.93. The molecule has 0 saturated heterocycles. The van der Waals surface area contributed by atoms with Crippen LogP contribution in [-0.4, -0.2) is 7.11 Å². The monoisotopic (exact) mass is 246 g/mol. The largest absolute Gasteiger partial charge is 0.496 e. The lowest BCUT2D eigenvalue weighted by atomic mass is 9.81. The fourth-order valence-corrected chi connectivity index (χ4v) is 3.02. The van der Waals surface area contributed by atoms with Crippen molar-refractivity contribution in [2.45, 2.75) is 64.2 Å². The summed E-state index contributed by atoms with van der Waals surface area (Å²) in [7, 11) is 1.79. The minimum absolute atomic E-state index is 0.149. The quantitative estimate of drug-likeness (QED) is 0.710. The molecule has 1 aromatic carbocycles. The zero-order valence-electron chi connectivity index (χ0n) is 12.3. The normalized spacial score (nSPS) is 17.8. The third-order valence-electron chi connectivity index (χ3n) is 4.11. The van der Waals surface area contributed by atoms with Gasteiger partial charge in [0.25, 0.3) is 0 Å². The Hall–Kier alpha value is -0.980. The summed E-state index contributed by atoms with van der Waals surface area (Å²) in [6.07, 6.45) is 6.87. The van der Waals surface area contributed by atoms with Gasteiger partial charge in [-0.25, -0.2) is 0 Å². The minimum Gasteiger partial charge on any atom is -0.496 e. The smallest absolute Gasteiger partial charge is 0.122 e. The lowest BCUT2D eigenvalue weighted by Gasteiger charge is -2.26. The molecular weight excluding hydrogens is 220 g/mol. The summed E-state index contributed by atoms with van der Waals surface area (Å²) in [5.74, 6) is 1.81. The summed E-state index contributed by atoms with van der Waals surface area (Å²) in [6.45, 7) is 6.72. The van der Waals surface area contributed by atoms with Gasteiger partial charge < -0.3 is 4.74 Å². The molecule has 0 heterocycles. The van der Waals surface area contributed by atoms with Crippen molar-refractivity contribution in [1.82, 2.24) is 0 Å². The van der Waals surface area contributed by atoms with Crippen LogP contribution in [0.5, 0.6) is 5.75 Å². The maximum atomic E-state index is 5.60. The van der Waals surface area contributed by atoms with Crippen LogP contribution in [0.15, 0.2) is 18.2 Å². The molecule has 1 aliphatic carbocycles. The maximum Gasteiger partial charge on any atom is 0.122 e. The van der Waals surface area contributed by atoms with E-state index in [1.807, 2.05) is 0 Å². The Morgan fingerprint density at radius 3 is 2.28 bits per heavy atom. The van der Waals surface area contributed by atoms with Gasteiger partial charge in [0.2, 0.25) is 0 Å². The van der Waals surface area contributed by atoms with E-state index < -0.39 is 0 Å². The highest BCUT2D eigenvalue weighted by molar-refractivity contribution is 5.42. The minimum atomic E-state index is 0.149. The van der Waals surface area contributed by atoms with E-state index in [0.29, 0.717) is 0 Å². The molecule has 1 saturated carbocycles. The molecule has 0 aromatic heterocycles. The van der Waals surface area contributed by atoms with E-state index in [-0.39, 0.29) is 5.41 Å². The second-order valence-electron chi connectivity index (χ2n) is 6.54. The molecule has 1 nitrogen and oxygen atoms in total. The molecule has 0 N–H and O–H groups in total.